The van der Waals surface area contributed by atoms with Gasteiger partial charge in [-0.15, -0.1) is 0 Å². The Hall–Kier alpha value is -2.67. The average Bonchev–Trinajstić information content (AvgIpc) is 2.94. The van der Waals surface area contributed by atoms with E-state index in [4.69, 9.17) is 0 Å². The van der Waals surface area contributed by atoms with Crippen molar-refractivity contribution < 1.29 is 18.0 Å². The fraction of sp³-hybridized carbons (Fsp3) is 0.222. The van der Waals surface area contributed by atoms with Gasteiger partial charge in [0.2, 0.25) is 10.0 Å². The van der Waals surface area contributed by atoms with Crippen molar-refractivity contribution in [3.8, 4) is 0 Å². The summed E-state index contributed by atoms with van der Waals surface area (Å²) in [5.74, 6) is -0.245. The van der Waals surface area contributed by atoms with Crippen LogP contribution < -0.4 is 9.62 Å². The third-order valence-corrected chi connectivity index (χ3v) is 5.91. The number of sulfonamides is 1. The number of nitrogens with one attached hydrogen (secondary N) is 1. The Morgan fingerprint density at radius 3 is 2.36 bits per heavy atom. The third kappa shape index (κ3) is 3.71. The largest absolute Gasteiger partial charge is 0.322 e. The molecule has 3 rings (SSSR count). The van der Waals surface area contributed by atoms with Crippen molar-refractivity contribution in [2.45, 2.75) is 13.3 Å². The zero-order chi connectivity index (χ0) is 18.0. The van der Waals surface area contributed by atoms with E-state index in [1.54, 1.807) is 48.5 Å². The highest BCUT2D eigenvalue weighted by molar-refractivity contribution is 7.93. The molecule has 6 nitrogen and oxygen atoms in total. The van der Waals surface area contributed by atoms with Gasteiger partial charge in [-0.1, -0.05) is 12.1 Å². The second-order valence-electron chi connectivity index (χ2n) is 5.88. The predicted octanol–water partition coefficient (Wildman–Crippen LogP) is 2.68. The zero-order valence-electron chi connectivity index (χ0n) is 13.7. The Bertz CT molecular complexity index is 920. The van der Waals surface area contributed by atoms with Crippen molar-refractivity contribution in [1.29, 1.82) is 0 Å². The van der Waals surface area contributed by atoms with E-state index in [-0.39, 0.29) is 17.4 Å². The van der Waals surface area contributed by atoms with Crippen molar-refractivity contribution in [3.63, 3.8) is 0 Å². The number of carbonyl (C=O) groups is 2. The monoisotopic (exact) mass is 358 g/mol. The number of Topliss-reactive ketones (excluding diaryl/α,β-unsaturated/α-hetero) is 1. The van der Waals surface area contributed by atoms with Gasteiger partial charge in [-0.05, 0) is 49.7 Å². The lowest BCUT2D eigenvalue weighted by molar-refractivity contribution is 0.101. The maximum Gasteiger partial charge on any atom is 0.255 e. The van der Waals surface area contributed by atoms with Gasteiger partial charge in [0.25, 0.3) is 5.91 Å². The summed E-state index contributed by atoms with van der Waals surface area (Å²) in [5.41, 5.74) is 2.03. The standard InChI is InChI=1S/C18H18N2O4S/c1-13(21)15-4-2-5-16(12-15)19-18(22)14-6-8-17(9-7-14)20-10-3-11-25(20,23)24/h2,4-9,12H,3,10-11H2,1H3,(H,19,22). The second-order valence-corrected chi connectivity index (χ2v) is 7.89. The molecule has 1 N–H and O–H groups in total. The number of hydrogen-bond donors (Lipinski definition) is 1. The molecule has 1 aliphatic heterocycles. The summed E-state index contributed by atoms with van der Waals surface area (Å²) >= 11 is 0. The van der Waals surface area contributed by atoms with Crippen molar-refractivity contribution in [1.82, 2.24) is 0 Å². The summed E-state index contributed by atoms with van der Waals surface area (Å²) in [5, 5.41) is 2.74. The van der Waals surface area contributed by atoms with Crippen molar-refractivity contribution in [3.05, 3.63) is 59.7 Å². The summed E-state index contributed by atoms with van der Waals surface area (Å²) in [7, 11) is -3.23. The first-order valence-corrected chi connectivity index (χ1v) is 9.50. The van der Waals surface area contributed by atoms with Crippen LogP contribution in [-0.4, -0.2) is 32.4 Å². The molecule has 1 heterocycles. The highest BCUT2D eigenvalue weighted by atomic mass is 32.2. The molecule has 1 fully saturated rings. The number of ketones is 1. The van der Waals surface area contributed by atoms with Gasteiger partial charge in [0, 0.05) is 23.4 Å². The number of hydrogen-bond acceptors (Lipinski definition) is 4. The normalized spacial score (nSPS) is 15.8. The molecule has 0 radical (unpaired) electrons. The van der Waals surface area contributed by atoms with E-state index in [1.165, 1.54) is 11.2 Å². The summed E-state index contributed by atoms with van der Waals surface area (Å²) < 4.78 is 25.2. The summed E-state index contributed by atoms with van der Waals surface area (Å²) in [6, 6.07) is 13.1. The second kappa shape index (κ2) is 6.68. The van der Waals surface area contributed by atoms with Crippen LogP contribution in [0.25, 0.3) is 0 Å². The van der Waals surface area contributed by atoms with Crippen LogP contribution in [0.4, 0.5) is 11.4 Å². The summed E-state index contributed by atoms with van der Waals surface area (Å²) in [6.45, 7) is 1.93. The van der Waals surface area contributed by atoms with E-state index in [1.807, 2.05) is 0 Å². The van der Waals surface area contributed by atoms with Gasteiger partial charge < -0.3 is 5.32 Å². The first-order chi connectivity index (χ1) is 11.9. The topological polar surface area (TPSA) is 83.6 Å². The van der Waals surface area contributed by atoms with Crippen LogP contribution in [0.15, 0.2) is 48.5 Å². The predicted molar refractivity (Wildman–Crippen MR) is 96.6 cm³/mol. The first-order valence-electron chi connectivity index (χ1n) is 7.90. The molecule has 0 aliphatic carbocycles. The molecule has 0 unspecified atom stereocenters. The number of benzene rings is 2. The Kier molecular flexibility index (Phi) is 4.59. The maximum absolute atomic E-state index is 12.3. The maximum atomic E-state index is 12.3. The molecule has 25 heavy (non-hydrogen) atoms. The smallest absolute Gasteiger partial charge is 0.255 e. The Morgan fingerprint density at radius 1 is 1.04 bits per heavy atom. The SMILES string of the molecule is CC(=O)c1cccc(NC(=O)c2ccc(N3CCCS3(=O)=O)cc2)c1. The number of carbonyl (C=O) groups excluding carboxylic acids is 2. The Labute approximate surface area is 146 Å². The van der Waals surface area contributed by atoms with E-state index in [0.29, 0.717) is 35.5 Å². The van der Waals surface area contributed by atoms with E-state index in [0.717, 1.165) is 0 Å². The van der Waals surface area contributed by atoms with Crippen LogP contribution in [0.3, 0.4) is 0 Å². The fourth-order valence-electron chi connectivity index (χ4n) is 2.73. The lowest BCUT2D eigenvalue weighted by atomic mass is 10.1. The van der Waals surface area contributed by atoms with Gasteiger partial charge in [-0.25, -0.2) is 8.42 Å². The molecule has 0 spiro atoms. The van der Waals surface area contributed by atoms with E-state index in [2.05, 4.69) is 5.32 Å². The van der Waals surface area contributed by atoms with Crippen molar-refractivity contribution in [2.24, 2.45) is 0 Å². The van der Waals surface area contributed by atoms with Gasteiger partial charge in [-0.3, -0.25) is 13.9 Å². The van der Waals surface area contributed by atoms with Crippen LogP contribution >= 0.6 is 0 Å². The fourth-order valence-corrected chi connectivity index (χ4v) is 4.29. The third-order valence-electron chi connectivity index (χ3n) is 4.04. The first kappa shape index (κ1) is 17.2. The molecule has 2 aromatic carbocycles. The lowest BCUT2D eigenvalue weighted by Crippen LogP contribution is -2.25. The molecule has 130 valence electrons. The van der Waals surface area contributed by atoms with Crippen LogP contribution in [0.2, 0.25) is 0 Å². The quantitative estimate of drug-likeness (QED) is 0.852. The molecular formula is C18H18N2O4S. The molecule has 0 aromatic heterocycles. The lowest BCUT2D eigenvalue weighted by Gasteiger charge is -2.17. The highest BCUT2D eigenvalue weighted by Gasteiger charge is 2.28. The molecule has 1 aliphatic rings. The van der Waals surface area contributed by atoms with E-state index in [9.17, 15) is 18.0 Å². The minimum atomic E-state index is -3.23. The van der Waals surface area contributed by atoms with E-state index < -0.39 is 10.0 Å². The van der Waals surface area contributed by atoms with Gasteiger partial charge >= 0.3 is 0 Å². The minimum Gasteiger partial charge on any atom is -0.322 e. The van der Waals surface area contributed by atoms with Gasteiger partial charge in [0.15, 0.2) is 5.78 Å². The van der Waals surface area contributed by atoms with Gasteiger partial charge in [0.05, 0.1) is 11.4 Å². The molecule has 7 heteroatoms. The summed E-state index contributed by atoms with van der Waals surface area (Å²) in [6.07, 6.45) is 0.608. The Balaban J connectivity index is 1.75. The Morgan fingerprint density at radius 2 is 1.76 bits per heavy atom. The zero-order valence-corrected chi connectivity index (χ0v) is 14.5. The molecule has 0 bridgehead atoms. The van der Waals surface area contributed by atoms with Gasteiger partial charge in [0.1, 0.15) is 0 Å². The van der Waals surface area contributed by atoms with Crippen molar-refractivity contribution >= 4 is 33.1 Å². The number of anilines is 2. The average molecular weight is 358 g/mol. The molecular weight excluding hydrogens is 340 g/mol. The van der Waals surface area contributed by atoms with Crippen molar-refractivity contribution in [2.75, 3.05) is 21.9 Å². The van der Waals surface area contributed by atoms with Crippen LogP contribution in [0, 0.1) is 0 Å². The van der Waals surface area contributed by atoms with Crippen LogP contribution in [0.1, 0.15) is 34.1 Å². The summed E-state index contributed by atoms with van der Waals surface area (Å²) in [4.78, 5) is 23.7. The number of nitrogens with zero attached hydrogens (tertiary/aromatic N) is 1. The molecule has 0 saturated carbocycles. The highest BCUT2D eigenvalue weighted by Crippen LogP contribution is 2.24. The van der Waals surface area contributed by atoms with Crippen LogP contribution in [-0.2, 0) is 10.0 Å². The number of rotatable bonds is 4. The molecule has 1 saturated heterocycles. The minimum absolute atomic E-state index is 0.0766. The molecule has 2 aromatic rings. The van der Waals surface area contributed by atoms with Crippen LogP contribution in [0.5, 0.6) is 0 Å². The molecule has 1 amide bonds. The van der Waals surface area contributed by atoms with E-state index >= 15 is 0 Å². The van der Waals surface area contributed by atoms with Gasteiger partial charge in [-0.2, -0.15) is 0 Å². The number of amides is 1. The molecule has 0 atom stereocenters.